The molecular formula is C14H13F3N6O. The zero-order valence-corrected chi connectivity index (χ0v) is 12.5. The number of methoxy groups -OCH3 is 1. The Hall–Kier alpha value is -3.04. The molecule has 0 aliphatic carbocycles. The summed E-state index contributed by atoms with van der Waals surface area (Å²) in [5, 5.41) is 5.17. The second-order valence-electron chi connectivity index (χ2n) is 4.82. The van der Waals surface area contributed by atoms with Gasteiger partial charge in [0.2, 0.25) is 5.95 Å². The van der Waals surface area contributed by atoms with Crippen molar-refractivity contribution in [3.63, 3.8) is 0 Å². The number of imidazole rings is 1. The summed E-state index contributed by atoms with van der Waals surface area (Å²) in [4.78, 5) is 14.9. The molecule has 0 unspecified atom stereocenters. The number of benzene rings is 1. The molecule has 3 N–H and O–H groups in total. The first kappa shape index (κ1) is 15.8. The van der Waals surface area contributed by atoms with Crippen molar-refractivity contribution in [2.75, 3.05) is 24.3 Å². The van der Waals surface area contributed by atoms with Crippen molar-refractivity contribution in [2.24, 2.45) is 0 Å². The van der Waals surface area contributed by atoms with Crippen molar-refractivity contribution >= 4 is 28.6 Å². The average Bonchev–Trinajstić information content (AvgIpc) is 3.00. The lowest BCUT2D eigenvalue weighted by atomic mass is 10.3. The summed E-state index contributed by atoms with van der Waals surface area (Å²) >= 11 is 0. The van der Waals surface area contributed by atoms with Crippen molar-refractivity contribution in [3.05, 3.63) is 30.6 Å². The summed E-state index contributed by atoms with van der Waals surface area (Å²) in [5.74, 6) is 0.754. The van der Waals surface area contributed by atoms with Gasteiger partial charge in [-0.25, -0.2) is 4.98 Å². The molecule has 0 fully saturated rings. The van der Waals surface area contributed by atoms with Gasteiger partial charge < -0.3 is 20.4 Å². The Morgan fingerprint density at radius 1 is 1.25 bits per heavy atom. The van der Waals surface area contributed by atoms with E-state index in [0.717, 1.165) is 0 Å². The Morgan fingerprint density at radius 2 is 2.08 bits per heavy atom. The molecule has 24 heavy (non-hydrogen) atoms. The quantitative estimate of drug-likeness (QED) is 0.663. The number of nitrogens with zero attached hydrogens (tertiary/aromatic N) is 3. The molecule has 3 rings (SSSR count). The molecule has 0 saturated carbocycles. The lowest BCUT2D eigenvalue weighted by molar-refractivity contribution is -0.115. The summed E-state index contributed by atoms with van der Waals surface area (Å²) in [7, 11) is 1.53. The predicted octanol–water partition coefficient (Wildman–Crippen LogP) is 3.08. The molecule has 10 heteroatoms. The molecule has 0 radical (unpaired) electrons. The van der Waals surface area contributed by atoms with Crippen LogP contribution >= 0.6 is 0 Å². The van der Waals surface area contributed by atoms with E-state index in [1.165, 1.54) is 13.4 Å². The van der Waals surface area contributed by atoms with Crippen LogP contribution in [0.25, 0.3) is 11.2 Å². The summed E-state index contributed by atoms with van der Waals surface area (Å²) in [5.41, 5.74) is 1.18. The molecule has 1 aromatic carbocycles. The number of rotatable bonds is 5. The smallest absolute Gasteiger partial charge is 0.405 e. The van der Waals surface area contributed by atoms with E-state index in [4.69, 9.17) is 4.74 Å². The molecule has 7 nitrogen and oxygen atoms in total. The third-order valence-electron chi connectivity index (χ3n) is 3.07. The Balaban J connectivity index is 1.90. The van der Waals surface area contributed by atoms with E-state index in [9.17, 15) is 13.2 Å². The van der Waals surface area contributed by atoms with E-state index in [1.54, 1.807) is 24.3 Å². The van der Waals surface area contributed by atoms with Crippen molar-refractivity contribution in [1.29, 1.82) is 0 Å². The van der Waals surface area contributed by atoms with Crippen LogP contribution in [0.15, 0.2) is 30.6 Å². The monoisotopic (exact) mass is 338 g/mol. The molecule has 126 valence electrons. The highest BCUT2D eigenvalue weighted by Gasteiger charge is 2.27. The van der Waals surface area contributed by atoms with E-state index in [-0.39, 0.29) is 17.4 Å². The second kappa shape index (κ2) is 6.22. The van der Waals surface area contributed by atoms with Gasteiger partial charge in [0.05, 0.1) is 13.4 Å². The van der Waals surface area contributed by atoms with Gasteiger partial charge in [-0.1, -0.05) is 6.07 Å². The minimum absolute atomic E-state index is 0.0141. The van der Waals surface area contributed by atoms with Crippen LogP contribution in [0.1, 0.15) is 0 Å². The van der Waals surface area contributed by atoms with Gasteiger partial charge in [0.15, 0.2) is 11.5 Å². The standard InChI is InChI=1S/C14H13F3N6O/c1-24-9-4-2-3-8(5-9)21-13-22-11(18-6-14(15,16)17)10-12(23-13)20-7-19-10/h2-5,7H,6H2,1H3,(H3,18,19,20,21,22,23). The third-order valence-corrected chi connectivity index (χ3v) is 3.07. The van der Waals surface area contributed by atoms with Crippen LogP contribution in [-0.4, -0.2) is 39.8 Å². The van der Waals surface area contributed by atoms with Crippen LogP contribution in [0.5, 0.6) is 5.75 Å². The topological polar surface area (TPSA) is 87.8 Å². The van der Waals surface area contributed by atoms with Crippen molar-refractivity contribution in [3.8, 4) is 5.75 Å². The van der Waals surface area contributed by atoms with Gasteiger partial charge in [0, 0.05) is 11.8 Å². The number of alkyl halides is 3. The first-order valence-corrected chi connectivity index (χ1v) is 6.87. The summed E-state index contributed by atoms with van der Waals surface area (Å²) in [6, 6.07) is 6.99. The van der Waals surface area contributed by atoms with Gasteiger partial charge in [-0.15, -0.1) is 0 Å². The van der Waals surface area contributed by atoms with Crippen LogP contribution < -0.4 is 15.4 Å². The molecule has 0 spiro atoms. The molecule has 3 aromatic rings. The van der Waals surface area contributed by atoms with Gasteiger partial charge in [-0.3, -0.25) is 0 Å². The SMILES string of the molecule is COc1cccc(Nc2nc(NCC(F)(F)F)c3[nH]cnc3n2)c1. The number of hydrogen-bond acceptors (Lipinski definition) is 6. The van der Waals surface area contributed by atoms with Crippen LogP contribution in [0.2, 0.25) is 0 Å². The molecule has 2 aromatic heterocycles. The molecule has 0 aliphatic rings. The molecule has 0 atom stereocenters. The fraction of sp³-hybridized carbons (Fsp3) is 0.214. The van der Waals surface area contributed by atoms with Crippen LogP contribution in [0.4, 0.5) is 30.6 Å². The number of hydrogen-bond donors (Lipinski definition) is 3. The van der Waals surface area contributed by atoms with Crippen LogP contribution in [0, 0.1) is 0 Å². The normalized spacial score (nSPS) is 11.5. The van der Waals surface area contributed by atoms with Gasteiger partial charge >= 0.3 is 6.18 Å². The number of anilines is 3. The molecular weight excluding hydrogens is 325 g/mol. The first-order valence-electron chi connectivity index (χ1n) is 6.87. The second-order valence-corrected chi connectivity index (χ2v) is 4.82. The number of ether oxygens (including phenoxy) is 1. The Morgan fingerprint density at radius 3 is 2.83 bits per heavy atom. The van der Waals surface area contributed by atoms with Gasteiger partial charge in [0.1, 0.15) is 17.8 Å². The number of aromatic amines is 1. The van der Waals surface area contributed by atoms with Crippen LogP contribution in [0.3, 0.4) is 0 Å². The maximum Gasteiger partial charge on any atom is 0.405 e. The predicted molar refractivity (Wildman–Crippen MR) is 82.5 cm³/mol. The summed E-state index contributed by atoms with van der Waals surface area (Å²) in [6.45, 7) is -1.21. The fourth-order valence-electron chi connectivity index (χ4n) is 2.03. The van der Waals surface area contributed by atoms with E-state index < -0.39 is 12.7 Å². The van der Waals surface area contributed by atoms with Crippen molar-refractivity contribution in [1.82, 2.24) is 19.9 Å². The van der Waals surface area contributed by atoms with Gasteiger partial charge in [-0.2, -0.15) is 23.1 Å². The van der Waals surface area contributed by atoms with E-state index in [1.807, 2.05) is 0 Å². The average molecular weight is 338 g/mol. The minimum Gasteiger partial charge on any atom is -0.497 e. The van der Waals surface area contributed by atoms with Crippen molar-refractivity contribution < 1.29 is 17.9 Å². The van der Waals surface area contributed by atoms with Crippen LogP contribution in [-0.2, 0) is 0 Å². The number of H-pyrrole nitrogens is 1. The van der Waals surface area contributed by atoms with Gasteiger partial charge in [0.25, 0.3) is 0 Å². The van der Waals surface area contributed by atoms with Gasteiger partial charge in [-0.05, 0) is 12.1 Å². The molecule has 2 heterocycles. The lowest BCUT2D eigenvalue weighted by Gasteiger charge is -2.11. The summed E-state index contributed by atoms with van der Waals surface area (Å²) in [6.07, 6.45) is -3.02. The maximum atomic E-state index is 12.4. The van der Waals surface area contributed by atoms with Crippen molar-refractivity contribution in [2.45, 2.75) is 6.18 Å². The van der Waals surface area contributed by atoms with E-state index in [2.05, 4.69) is 30.6 Å². The zero-order valence-electron chi connectivity index (χ0n) is 12.5. The number of halogens is 3. The molecule has 0 amide bonds. The highest BCUT2D eigenvalue weighted by molar-refractivity contribution is 5.84. The Labute approximate surface area is 134 Å². The minimum atomic E-state index is -4.36. The molecule has 0 saturated heterocycles. The first-order chi connectivity index (χ1) is 11.4. The Bertz CT molecular complexity index is 848. The fourth-order valence-corrected chi connectivity index (χ4v) is 2.03. The van der Waals surface area contributed by atoms with E-state index in [0.29, 0.717) is 17.0 Å². The largest absolute Gasteiger partial charge is 0.497 e. The number of nitrogens with one attached hydrogen (secondary N) is 3. The lowest BCUT2D eigenvalue weighted by Crippen LogP contribution is -2.22. The summed E-state index contributed by atoms with van der Waals surface area (Å²) < 4.78 is 42.4. The zero-order chi connectivity index (χ0) is 17.2. The number of fused-ring (bicyclic) bond motifs is 1. The molecule has 0 aliphatic heterocycles. The molecule has 0 bridgehead atoms. The highest BCUT2D eigenvalue weighted by Crippen LogP contribution is 2.24. The Kier molecular flexibility index (Phi) is 4.11. The maximum absolute atomic E-state index is 12.4. The number of aromatic nitrogens is 4. The van der Waals surface area contributed by atoms with E-state index >= 15 is 0 Å². The highest BCUT2D eigenvalue weighted by atomic mass is 19.4. The third kappa shape index (κ3) is 3.65.